The van der Waals surface area contributed by atoms with Crippen LogP contribution in [0.15, 0.2) is 41.6 Å². The number of nitrogens with one attached hydrogen (secondary N) is 3. The zero-order chi connectivity index (χ0) is 15.5. The van der Waals surface area contributed by atoms with Gasteiger partial charge in [-0.2, -0.15) is 5.10 Å². The quantitative estimate of drug-likeness (QED) is 0.776. The van der Waals surface area contributed by atoms with Gasteiger partial charge in [-0.15, -0.1) is 0 Å². The number of carbonyl (C=O) groups is 1. The molecule has 0 aliphatic carbocycles. The Balaban J connectivity index is 2.14. The molecule has 21 heavy (non-hydrogen) atoms. The number of sulfonamides is 1. The lowest BCUT2D eigenvalue weighted by Gasteiger charge is -2.13. The van der Waals surface area contributed by atoms with Gasteiger partial charge >= 0.3 is 0 Å². The molecule has 1 aromatic heterocycles. The van der Waals surface area contributed by atoms with Gasteiger partial charge in [0, 0.05) is 30.4 Å². The van der Waals surface area contributed by atoms with Crippen LogP contribution >= 0.6 is 0 Å². The molecule has 112 valence electrons. The van der Waals surface area contributed by atoms with E-state index in [9.17, 15) is 13.2 Å². The molecule has 0 spiro atoms. The number of hydrogen-bond acceptors (Lipinski definition) is 4. The molecule has 0 saturated heterocycles. The van der Waals surface area contributed by atoms with Gasteiger partial charge in [0.05, 0.1) is 11.1 Å². The highest BCUT2D eigenvalue weighted by atomic mass is 32.2. The van der Waals surface area contributed by atoms with Crippen LogP contribution in [0.25, 0.3) is 0 Å². The van der Waals surface area contributed by atoms with Crippen LogP contribution in [-0.2, 0) is 14.8 Å². The average Bonchev–Trinajstić information content (AvgIpc) is 2.92. The fraction of sp³-hybridized carbons (Fsp3) is 0.231. The van der Waals surface area contributed by atoms with Crippen molar-refractivity contribution in [2.75, 3.05) is 5.32 Å². The molecule has 7 nitrogen and oxygen atoms in total. The first kappa shape index (κ1) is 15.2. The van der Waals surface area contributed by atoms with Crippen LogP contribution in [0, 0.1) is 0 Å². The Labute approximate surface area is 122 Å². The number of amides is 1. The second-order valence-electron chi connectivity index (χ2n) is 4.58. The first-order valence-corrected chi connectivity index (χ1v) is 7.75. The molecule has 0 radical (unpaired) electrons. The molecule has 2 aromatic rings. The summed E-state index contributed by atoms with van der Waals surface area (Å²) in [5, 5.41) is 9.00. The SMILES string of the molecule is CC(=O)Nc1ccc(S(=O)(=O)NC(C)c2cn[nH]c2)cc1. The van der Waals surface area contributed by atoms with E-state index in [1.807, 2.05) is 0 Å². The van der Waals surface area contributed by atoms with E-state index in [1.165, 1.54) is 19.1 Å². The van der Waals surface area contributed by atoms with Crippen molar-refractivity contribution in [3.05, 3.63) is 42.2 Å². The third kappa shape index (κ3) is 3.89. The third-order valence-electron chi connectivity index (χ3n) is 2.84. The van der Waals surface area contributed by atoms with Gasteiger partial charge in [0.2, 0.25) is 15.9 Å². The molecule has 3 N–H and O–H groups in total. The summed E-state index contributed by atoms with van der Waals surface area (Å²) < 4.78 is 27.0. The number of nitrogens with zero attached hydrogens (tertiary/aromatic N) is 1. The highest BCUT2D eigenvalue weighted by molar-refractivity contribution is 7.89. The highest BCUT2D eigenvalue weighted by Crippen LogP contribution is 2.17. The normalized spacial score (nSPS) is 12.9. The van der Waals surface area contributed by atoms with Crippen molar-refractivity contribution in [3.8, 4) is 0 Å². The van der Waals surface area contributed by atoms with Crippen molar-refractivity contribution in [1.29, 1.82) is 0 Å². The molecule has 1 aromatic carbocycles. The first-order valence-electron chi connectivity index (χ1n) is 6.27. The summed E-state index contributed by atoms with van der Waals surface area (Å²) in [7, 11) is -3.64. The Morgan fingerprint density at radius 1 is 1.29 bits per heavy atom. The maximum absolute atomic E-state index is 12.2. The number of aromatic amines is 1. The molecule has 0 aliphatic heterocycles. The highest BCUT2D eigenvalue weighted by Gasteiger charge is 2.18. The molecule has 2 rings (SSSR count). The van der Waals surface area contributed by atoms with Crippen LogP contribution in [0.3, 0.4) is 0 Å². The van der Waals surface area contributed by atoms with Crippen molar-refractivity contribution in [3.63, 3.8) is 0 Å². The van der Waals surface area contributed by atoms with Crippen LogP contribution in [-0.4, -0.2) is 24.5 Å². The minimum absolute atomic E-state index is 0.131. The van der Waals surface area contributed by atoms with Gasteiger partial charge in [-0.05, 0) is 31.2 Å². The van der Waals surface area contributed by atoms with Gasteiger partial charge in [0.1, 0.15) is 0 Å². The van der Waals surface area contributed by atoms with Gasteiger partial charge in [0.15, 0.2) is 0 Å². The molecule has 8 heteroatoms. The maximum atomic E-state index is 12.2. The Morgan fingerprint density at radius 2 is 1.95 bits per heavy atom. The van der Waals surface area contributed by atoms with Crippen LogP contribution < -0.4 is 10.0 Å². The van der Waals surface area contributed by atoms with Gasteiger partial charge in [0.25, 0.3) is 0 Å². The maximum Gasteiger partial charge on any atom is 0.241 e. The zero-order valence-corrected chi connectivity index (χ0v) is 12.4. The van der Waals surface area contributed by atoms with Gasteiger partial charge < -0.3 is 5.32 Å². The molecule has 1 amide bonds. The summed E-state index contributed by atoms with van der Waals surface area (Å²) in [6.45, 7) is 3.12. The van der Waals surface area contributed by atoms with E-state index in [0.29, 0.717) is 5.69 Å². The standard InChI is InChI=1S/C13H16N4O3S/c1-9(11-7-14-15-8-11)17-21(19,20)13-5-3-12(4-6-13)16-10(2)18/h3-9,17H,1-2H3,(H,14,15)(H,16,18). The molecular formula is C13H16N4O3S. The number of carbonyl (C=O) groups excluding carboxylic acids is 1. The second kappa shape index (κ2) is 6.06. The lowest BCUT2D eigenvalue weighted by Crippen LogP contribution is -2.26. The van der Waals surface area contributed by atoms with E-state index in [2.05, 4.69) is 20.2 Å². The monoisotopic (exact) mass is 308 g/mol. The lowest BCUT2D eigenvalue weighted by molar-refractivity contribution is -0.114. The Bertz CT molecular complexity index is 708. The van der Waals surface area contributed by atoms with Crippen molar-refractivity contribution < 1.29 is 13.2 Å². The van der Waals surface area contributed by atoms with Crippen LogP contribution in [0.4, 0.5) is 5.69 Å². The molecular weight excluding hydrogens is 292 g/mol. The summed E-state index contributed by atoms with van der Waals surface area (Å²) in [6.07, 6.45) is 3.19. The molecule has 0 saturated carbocycles. The summed E-state index contributed by atoms with van der Waals surface area (Å²) in [4.78, 5) is 11.1. The van der Waals surface area contributed by atoms with E-state index in [1.54, 1.807) is 31.5 Å². The number of rotatable bonds is 5. The number of benzene rings is 1. The summed E-state index contributed by atoms with van der Waals surface area (Å²) >= 11 is 0. The second-order valence-corrected chi connectivity index (χ2v) is 6.29. The van der Waals surface area contributed by atoms with Crippen molar-refractivity contribution in [2.45, 2.75) is 24.8 Å². The molecule has 1 unspecified atom stereocenters. The topological polar surface area (TPSA) is 104 Å². The average molecular weight is 308 g/mol. The fourth-order valence-corrected chi connectivity index (χ4v) is 3.02. The molecule has 0 fully saturated rings. The number of hydrogen-bond donors (Lipinski definition) is 3. The molecule has 0 bridgehead atoms. The molecule has 1 atom stereocenters. The van der Waals surface area contributed by atoms with Gasteiger partial charge in [-0.25, -0.2) is 13.1 Å². The predicted octanol–water partition coefficient (Wildman–Crippen LogP) is 1.41. The van der Waals surface area contributed by atoms with Crippen LogP contribution in [0.1, 0.15) is 25.5 Å². The van der Waals surface area contributed by atoms with Crippen LogP contribution in [0.2, 0.25) is 0 Å². The smallest absolute Gasteiger partial charge is 0.241 e. The summed E-state index contributed by atoms with van der Waals surface area (Å²) in [5.74, 6) is -0.211. The number of aromatic nitrogens is 2. The van der Waals surface area contributed by atoms with E-state index in [0.717, 1.165) is 5.56 Å². The molecule has 1 heterocycles. The van der Waals surface area contributed by atoms with E-state index in [-0.39, 0.29) is 10.8 Å². The zero-order valence-electron chi connectivity index (χ0n) is 11.6. The van der Waals surface area contributed by atoms with E-state index in [4.69, 9.17) is 0 Å². The third-order valence-corrected chi connectivity index (χ3v) is 4.39. The minimum Gasteiger partial charge on any atom is -0.326 e. The summed E-state index contributed by atoms with van der Waals surface area (Å²) in [5.41, 5.74) is 1.29. The van der Waals surface area contributed by atoms with Gasteiger partial charge in [-0.1, -0.05) is 0 Å². The van der Waals surface area contributed by atoms with Crippen molar-refractivity contribution in [2.24, 2.45) is 0 Å². The summed E-state index contributed by atoms with van der Waals surface area (Å²) in [6, 6.07) is 5.56. The van der Waals surface area contributed by atoms with E-state index < -0.39 is 16.1 Å². The molecule has 0 aliphatic rings. The largest absolute Gasteiger partial charge is 0.326 e. The van der Waals surface area contributed by atoms with Gasteiger partial charge in [-0.3, -0.25) is 9.89 Å². The Kier molecular flexibility index (Phi) is 4.39. The fourth-order valence-electron chi connectivity index (χ4n) is 1.79. The minimum atomic E-state index is -3.64. The first-order chi connectivity index (χ1) is 9.88. The Hall–Kier alpha value is -2.19. The lowest BCUT2D eigenvalue weighted by atomic mass is 10.2. The van der Waals surface area contributed by atoms with Crippen molar-refractivity contribution >= 4 is 21.6 Å². The van der Waals surface area contributed by atoms with Crippen LogP contribution in [0.5, 0.6) is 0 Å². The number of anilines is 1. The van der Waals surface area contributed by atoms with Crippen molar-refractivity contribution in [1.82, 2.24) is 14.9 Å². The van der Waals surface area contributed by atoms with E-state index >= 15 is 0 Å². The number of H-pyrrole nitrogens is 1. The Morgan fingerprint density at radius 3 is 2.48 bits per heavy atom. The predicted molar refractivity (Wildman–Crippen MR) is 78.1 cm³/mol.